The molecular weight excluding hydrogens is 340 g/mol. The molecule has 3 aliphatic carbocycles. The predicted octanol–water partition coefficient (Wildman–Crippen LogP) is 7.47. The fourth-order valence-corrected chi connectivity index (χ4v) is 7.05. The highest BCUT2D eigenvalue weighted by Crippen LogP contribution is 2.62. The summed E-state index contributed by atoms with van der Waals surface area (Å²) < 4.78 is 0. The van der Waals surface area contributed by atoms with Gasteiger partial charge in [-0.1, -0.05) is 49.8 Å². The molecule has 0 amide bonds. The fraction of sp³-hybridized carbons (Fsp3) is 0.778. The Hall–Kier alpha value is -0.820. The van der Waals surface area contributed by atoms with Crippen LogP contribution in [0.1, 0.15) is 91.9 Å². The standard InChI is InChI=1S/C27H44O/c1-19(2)9-8-10-21(4)25-15-16-26-24-12-7-6-11-22(28)14-13-20(3)23(24)17-18-27(25,26)5/h6-7,9,20,22-26,28H,4,8,10-18H2,1-3,5H3. The lowest BCUT2D eigenvalue weighted by Crippen LogP contribution is -2.43. The molecule has 158 valence electrons. The van der Waals surface area contributed by atoms with Gasteiger partial charge in [0.25, 0.3) is 0 Å². The molecule has 7 unspecified atom stereocenters. The topological polar surface area (TPSA) is 20.2 Å². The molecule has 0 aromatic rings. The van der Waals surface area contributed by atoms with Crippen LogP contribution in [0.15, 0.2) is 36.0 Å². The van der Waals surface area contributed by atoms with Gasteiger partial charge in [-0.3, -0.25) is 0 Å². The number of hydrogen-bond acceptors (Lipinski definition) is 1. The molecule has 7 atom stereocenters. The molecule has 0 aliphatic heterocycles. The third-order valence-corrected chi connectivity index (χ3v) is 8.67. The molecule has 2 saturated carbocycles. The third-order valence-electron chi connectivity index (χ3n) is 8.67. The minimum absolute atomic E-state index is 0.135. The van der Waals surface area contributed by atoms with Crippen LogP contribution in [-0.4, -0.2) is 11.2 Å². The van der Waals surface area contributed by atoms with E-state index in [1.807, 2.05) is 0 Å². The summed E-state index contributed by atoms with van der Waals surface area (Å²) in [6.45, 7) is 14.1. The van der Waals surface area contributed by atoms with Crippen molar-refractivity contribution in [1.29, 1.82) is 0 Å². The summed E-state index contributed by atoms with van der Waals surface area (Å²) >= 11 is 0. The Kier molecular flexibility index (Phi) is 7.29. The maximum atomic E-state index is 10.2. The van der Waals surface area contributed by atoms with Gasteiger partial charge in [0, 0.05) is 0 Å². The van der Waals surface area contributed by atoms with Crippen molar-refractivity contribution in [2.75, 3.05) is 0 Å². The quantitative estimate of drug-likeness (QED) is 0.498. The maximum Gasteiger partial charge on any atom is 0.0574 e. The highest BCUT2D eigenvalue weighted by atomic mass is 16.3. The maximum absolute atomic E-state index is 10.2. The zero-order valence-electron chi connectivity index (χ0n) is 18.9. The Morgan fingerprint density at radius 3 is 2.57 bits per heavy atom. The molecule has 1 nitrogen and oxygen atoms in total. The van der Waals surface area contributed by atoms with Crippen LogP contribution < -0.4 is 0 Å². The smallest absolute Gasteiger partial charge is 0.0574 e. The van der Waals surface area contributed by atoms with E-state index in [9.17, 15) is 5.11 Å². The van der Waals surface area contributed by atoms with Gasteiger partial charge in [0.15, 0.2) is 0 Å². The third kappa shape index (κ3) is 4.66. The number of hydrogen-bond donors (Lipinski definition) is 1. The van der Waals surface area contributed by atoms with Crippen LogP contribution in [0.4, 0.5) is 0 Å². The lowest BCUT2D eigenvalue weighted by Gasteiger charge is -2.51. The zero-order chi connectivity index (χ0) is 20.3. The van der Waals surface area contributed by atoms with Crippen LogP contribution >= 0.6 is 0 Å². The molecule has 1 N–H and O–H groups in total. The molecule has 3 aliphatic rings. The average Bonchev–Trinajstić information content (AvgIpc) is 2.99. The van der Waals surface area contributed by atoms with Crippen molar-refractivity contribution in [3.05, 3.63) is 36.0 Å². The van der Waals surface area contributed by atoms with Gasteiger partial charge < -0.3 is 5.11 Å². The van der Waals surface area contributed by atoms with Gasteiger partial charge in [-0.25, -0.2) is 0 Å². The van der Waals surface area contributed by atoms with Gasteiger partial charge in [-0.2, -0.15) is 0 Å². The van der Waals surface area contributed by atoms with Crippen molar-refractivity contribution in [2.45, 2.75) is 98.0 Å². The van der Waals surface area contributed by atoms with Crippen molar-refractivity contribution in [1.82, 2.24) is 0 Å². The number of fused-ring (bicyclic) bond motifs is 3. The molecule has 1 heteroatoms. The van der Waals surface area contributed by atoms with E-state index in [0.717, 1.165) is 48.9 Å². The SMILES string of the molecule is C=C(CCC=C(C)C)C1CCC2C3CC=CCC(O)CCC(C)C3CCC12C. The van der Waals surface area contributed by atoms with Gasteiger partial charge >= 0.3 is 0 Å². The molecule has 0 spiro atoms. The molecule has 0 radical (unpaired) electrons. The molecule has 0 aromatic carbocycles. The molecule has 2 fully saturated rings. The van der Waals surface area contributed by atoms with E-state index in [-0.39, 0.29) is 6.10 Å². The van der Waals surface area contributed by atoms with Crippen LogP contribution in [0, 0.1) is 35.0 Å². The van der Waals surface area contributed by atoms with E-state index in [2.05, 4.69) is 52.5 Å². The second kappa shape index (κ2) is 9.33. The number of aliphatic hydroxyl groups excluding tert-OH is 1. The molecule has 0 bridgehead atoms. The van der Waals surface area contributed by atoms with Gasteiger partial charge in [0.2, 0.25) is 0 Å². The van der Waals surface area contributed by atoms with E-state index >= 15 is 0 Å². The monoisotopic (exact) mass is 384 g/mol. The van der Waals surface area contributed by atoms with E-state index < -0.39 is 0 Å². The number of aliphatic hydroxyl groups is 1. The summed E-state index contributed by atoms with van der Waals surface area (Å²) in [5.74, 6) is 3.99. The van der Waals surface area contributed by atoms with Gasteiger partial charge in [0.05, 0.1) is 6.10 Å². The van der Waals surface area contributed by atoms with Gasteiger partial charge in [-0.15, -0.1) is 0 Å². The average molecular weight is 385 g/mol. The van der Waals surface area contributed by atoms with Crippen molar-refractivity contribution in [3.8, 4) is 0 Å². The second-order valence-corrected chi connectivity index (χ2v) is 10.7. The Morgan fingerprint density at radius 2 is 1.82 bits per heavy atom. The zero-order valence-corrected chi connectivity index (χ0v) is 18.9. The Labute approximate surface area is 174 Å². The first kappa shape index (κ1) is 21.9. The van der Waals surface area contributed by atoms with E-state index in [1.54, 1.807) is 0 Å². The second-order valence-electron chi connectivity index (χ2n) is 10.7. The first-order valence-electron chi connectivity index (χ1n) is 12.0. The van der Waals surface area contributed by atoms with Crippen molar-refractivity contribution < 1.29 is 5.11 Å². The fourth-order valence-electron chi connectivity index (χ4n) is 7.05. The molecule has 0 aromatic heterocycles. The summed E-state index contributed by atoms with van der Waals surface area (Å²) in [7, 11) is 0. The summed E-state index contributed by atoms with van der Waals surface area (Å²) in [4.78, 5) is 0. The van der Waals surface area contributed by atoms with Crippen LogP contribution in [0.2, 0.25) is 0 Å². The van der Waals surface area contributed by atoms with Crippen LogP contribution in [0.3, 0.4) is 0 Å². The Bertz CT molecular complexity index is 595. The molecule has 0 saturated heterocycles. The molecule has 28 heavy (non-hydrogen) atoms. The highest BCUT2D eigenvalue weighted by molar-refractivity contribution is 5.16. The molecular formula is C27H44O. The summed E-state index contributed by atoms with van der Waals surface area (Å²) in [6.07, 6.45) is 19.0. The van der Waals surface area contributed by atoms with E-state index in [1.165, 1.54) is 56.1 Å². The lowest BCUT2D eigenvalue weighted by molar-refractivity contribution is -0.00345. The van der Waals surface area contributed by atoms with Crippen molar-refractivity contribution in [3.63, 3.8) is 0 Å². The Balaban J connectivity index is 1.75. The van der Waals surface area contributed by atoms with Crippen LogP contribution in [-0.2, 0) is 0 Å². The highest BCUT2D eigenvalue weighted by Gasteiger charge is 2.54. The largest absolute Gasteiger partial charge is 0.393 e. The summed E-state index contributed by atoms with van der Waals surface area (Å²) in [5.41, 5.74) is 3.41. The minimum Gasteiger partial charge on any atom is -0.393 e. The number of rotatable bonds is 4. The van der Waals surface area contributed by atoms with Crippen molar-refractivity contribution in [2.24, 2.45) is 35.0 Å². The number of allylic oxidation sites excluding steroid dienone is 4. The van der Waals surface area contributed by atoms with Crippen LogP contribution in [0.25, 0.3) is 0 Å². The predicted molar refractivity (Wildman–Crippen MR) is 121 cm³/mol. The van der Waals surface area contributed by atoms with Crippen LogP contribution in [0.5, 0.6) is 0 Å². The summed E-state index contributed by atoms with van der Waals surface area (Å²) in [5, 5.41) is 10.2. The normalized spacial score (nSPS) is 41.0. The summed E-state index contributed by atoms with van der Waals surface area (Å²) in [6, 6.07) is 0. The van der Waals surface area contributed by atoms with Gasteiger partial charge in [0.1, 0.15) is 0 Å². The van der Waals surface area contributed by atoms with E-state index in [4.69, 9.17) is 0 Å². The first-order valence-corrected chi connectivity index (χ1v) is 12.0. The molecule has 0 heterocycles. The molecule has 3 rings (SSSR count). The lowest BCUT2D eigenvalue weighted by atomic mass is 9.54. The van der Waals surface area contributed by atoms with Crippen molar-refractivity contribution >= 4 is 0 Å². The van der Waals surface area contributed by atoms with Gasteiger partial charge in [-0.05, 0) is 113 Å². The Morgan fingerprint density at radius 1 is 1.07 bits per heavy atom. The first-order chi connectivity index (χ1) is 13.3. The van der Waals surface area contributed by atoms with E-state index in [0.29, 0.717) is 5.41 Å². The minimum atomic E-state index is -0.135.